The van der Waals surface area contributed by atoms with Crippen molar-refractivity contribution >= 4 is 5.91 Å². The molecular weight excluding hydrogens is 138 g/mol. The minimum atomic E-state index is -0.0799. The van der Waals surface area contributed by atoms with Crippen LogP contribution in [0.2, 0.25) is 0 Å². The molecule has 1 aliphatic heterocycles. The summed E-state index contributed by atoms with van der Waals surface area (Å²) in [5.41, 5.74) is -0.0799. The fraction of sp³-hybridized carbons (Fsp3) is 0.889. The first-order valence-corrected chi connectivity index (χ1v) is 4.30. The molecule has 0 aliphatic carbocycles. The summed E-state index contributed by atoms with van der Waals surface area (Å²) in [4.78, 5) is 13.4. The summed E-state index contributed by atoms with van der Waals surface area (Å²) < 4.78 is 0. The van der Waals surface area contributed by atoms with E-state index in [1.165, 1.54) is 0 Å². The van der Waals surface area contributed by atoms with Crippen molar-refractivity contribution in [2.24, 2.45) is 5.41 Å². The number of rotatable bonds is 2. The summed E-state index contributed by atoms with van der Waals surface area (Å²) in [6.07, 6.45) is 1.06. The van der Waals surface area contributed by atoms with Crippen LogP contribution >= 0.6 is 0 Å². The zero-order chi connectivity index (χ0) is 8.65. The first-order valence-electron chi connectivity index (χ1n) is 4.30. The van der Waals surface area contributed by atoms with Gasteiger partial charge < -0.3 is 4.90 Å². The molecule has 64 valence electrons. The van der Waals surface area contributed by atoms with Gasteiger partial charge in [0.25, 0.3) is 0 Å². The van der Waals surface area contributed by atoms with Gasteiger partial charge in [0.15, 0.2) is 0 Å². The van der Waals surface area contributed by atoms with E-state index in [9.17, 15) is 4.79 Å². The van der Waals surface area contributed by atoms with Gasteiger partial charge in [0, 0.05) is 12.6 Å². The number of carbonyl (C=O) groups excluding carboxylic acids is 1. The van der Waals surface area contributed by atoms with E-state index in [0.29, 0.717) is 11.9 Å². The normalized spacial score (nSPS) is 24.7. The Bertz CT molecular complexity index is 174. The van der Waals surface area contributed by atoms with E-state index in [1.807, 2.05) is 18.7 Å². The average molecular weight is 155 g/mol. The van der Waals surface area contributed by atoms with Gasteiger partial charge >= 0.3 is 0 Å². The Kier molecular flexibility index (Phi) is 1.95. The summed E-state index contributed by atoms with van der Waals surface area (Å²) in [6, 6.07) is 0.426. The molecule has 2 heteroatoms. The molecule has 1 aliphatic rings. The molecule has 1 amide bonds. The Morgan fingerprint density at radius 2 is 2.18 bits per heavy atom. The van der Waals surface area contributed by atoms with Gasteiger partial charge in [-0.1, -0.05) is 6.92 Å². The SMILES string of the molecule is CCC(C)N1CC(C)(C)C1=O. The molecule has 0 aromatic carbocycles. The Hall–Kier alpha value is -0.530. The lowest BCUT2D eigenvalue weighted by Crippen LogP contribution is -2.61. The van der Waals surface area contributed by atoms with Crippen LogP contribution in [0.25, 0.3) is 0 Å². The first-order chi connectivity index (χ1) is 4.99. The largest absolute Gasteiger partial charge is 0.338 e. The molecule has 1 atom stereocenters. The van der Waals surface area contributed by atoms with Gasteiger partial charge in [-0.3, -0.25) is 4.79 Å². The second-order valence-corrected chi connectivity index (χ2v) is 4.07. The van der Waals surface area contributed by atoms with E-state index in [-0.39, 0.29) is 5.41 Å². The highest BCUT2D eigenvalue weighted by Crippen LogP contribution is 2.32. The summed E-state index contributed by atoms with van der Waals surface area (Å²) in [5.74, 6) is 0.312. The maximum absolute atomic E-state index is 11.4. The van der Waals surface area contributed by atoms with Crippen LogP contribution in [0.1, 0.15) is 34.1 Å². The lowest BCUT2D eigenvalue weighted by atomic mass is 9.82. The highest BCUT2D eigenvalue weighted by molar-refractivity contribution is 5.88. The van der Waals surface area contributed by atoms with Crippen LogP contribution in [0.4, 0.5) is 0 Å². The van der Waals surface area contributed by atoms with Crippen molar-refractivity contribution in [2.75, 3.05) is 6.54 Å². The van der Waals surface area contributed by atoms with Crippen molar-refractivity contribution in [1.29, 1.82) is 0 Å². The van der Waals surface area contributed by atoms with Crippen LogP contribution in [0.5, 0.6) is 0 Å². The second-order valence-electron chi connectivity index (χ2n) is 4.07. The third-order valence-electron chi connectivity index (χ3n) is 2.53. The van der Waals surface area contributed by atoms with Crippen LogP contribution < -0.4 is 0 Å². The quantitative estimate of drug-likeness (QED) is 0.555. The van der Waals surface area contributed by atoms with Gasteiger partial charge in [0.05, 0.1) is 5.41 Å². The van der Waals surface area contributed by atoms with E-state index in [1.54, 1.807) is 0 Å². The van der Waals surface area contributed by atoms with E-state index < -0.39 is 0 Å². The van der Waals surface area contributed by atoms with Crippen LogP contribution in [0, 0.1) is 5.41 Å². The van der Waals surface area contributed by atoms with Crippen LogP contribution in [-0.4, -0.2) is 23.4 Å². The van der Waals surface area contributed by atoms with Gasteiger partial charge in [-0.05, 0) is 27.2 Å². The number of likely N-dealkylation sites (tertiary alicyclic amines) is 1. The minimum Gasteiger partial charge on any atom is -0.338 e. The Morgan fingerprint density at radius 1 is 1.64 bits per heavy atom. The predicted octanol–water partition coefficient (Wildman–Crippen LogP) is 1.65. The third kappa shape index (κ3) is 1.26. The molecular formula is C9H17NO. The molecule has 0 aromatic heterocycles. The van der Waals surface area contributed by atoms with Crippen molar-refractivity contribution in [3.8, 4) is 0 Å². The standard InChI is InChI=1S/C9H17NO/c1-5-7(2)10-6-9(3,4)8(10)11/h7H,5-6H2,1-4H3. The molecule has 0 radical (unpaired) electrons. The number of hydrogen-bond acceptors (Lipinski definition) is 1. The van der Waals surface area contributed by atoms with Crippen molar-refractivity contribution in [2.45, 2.75) is 40.2 Å². The predicted molar refractivity (Wildman–Crippen MR) is 45.2 cm³/mol. The van der Waals surface area contributed by atoms with Crippen LogP contribution in [-0.2, 0) is 4.79 Å². The minimum absolute atomic E-state index is 0.0799. The number of hydrogen-bond donors (Lipinski definition) is 0. The number of β-lactam (4-membered cyclic amide) rings is 1. The van der Waals surface area contributed by atoms with Crippen molar-refractivity contribution in [1.82, 2.24) is 4.90 Å². The third-order valence-corrected chi connectivity index (χ3v) is 2.53. The van der Waals surface area contributed by atoms with Gasteiger partial charge in [-0.2, -0.15) is 0 Å². The molecule has 1 rings (SSSR count). The first kappa shape index (κ1) is 8.57. The lowest BCUT2D eigenvalue weighted by molar-refractivity contribution is -0.160. The van der Waals surface area contributed by atoms with Gasteiger partial charge in [0.2, 0.25) is 5.91 Å². The average Bonchev–Trinajstić information content (AvgIpc) is 1.98. The fourth-order valence-electron chi connectivity index (χ4n) is 1.44. The molecule has 1 heterocycles. The number of nitrogens with zero attached hydrogens (tertiary/aromatic N) is 1. The Balaban J connectivity index is 2.51. The van der Waals surface area contributed by atoms with Crippen LogP contribution in [0.3, 0.4) is 0 Å². The van der Waals surface area contributed by atoms with Crippen molar-refractivity contribution < 1.29 is 4.79 Å². The molecule has 0 spiro atoms. The molecule has 0 saturated carbocycles. The number of amides is 1. The molecule has 0 bridgehead atoms. The highest BCUT2D eigenvalue weighted by Gasteiger charge is 2.45. The molecule has 1 fully saturated rings. The fourth-order valence-corrected chi connectivity index (χ4v) is 1.44. The molecule has 0 N–H and O–H groups in total. The van der Waals surface area contributed by atoms with E-state index in [0.717, 1.165) is 13.0 Å². The maximum atomic E-state index is 11.4. The van der Waals surface area contributed by atoms with Crippen molar-refractivity contribution in [3.05, 3.63) is 0 Å². The molecule has 0 aromatic rings. The number of carbonyl (C=O) groups is 1. The molecule has 11 heavy (non-hydrogen) atoms. The lowest BCUT2D eigenvalue weighted by Gasteiger charge is -2.47. The van der Waals surface area contributed by atoms with E-state index in [4.69, 9.17) is 0 Å². The van der Waals surface area contributed by atoms with Gasteiger partial charge in [0.1, 0.15) is 0 Å². The highest BCUT2D eigenvalue weighted by atomic mass is 16.2. The summed E-state index contributed by atoms with van der Waals surface area (Å²) >= 11 is 0. The zero-order valence-electron chi connectivity index (χ0n) is 7.85. The topological polar surface area (TPSA) is 20.3 Å². The maximum Gasteiger partial charge on any atom is 0.230 e. The molecule has 2 nitrogen and oxygen atoms in total. The molecule has 1 unspecified atom stereocenters. The zero-order valence-corrected chi connectivity index (χ0v) is 7.85. The summed E-state index contributed by atoms with van der Waals surface area (Å²) in [6.45, 7) is 9.17. The van der Waals surface area contributed by atoms with Gasteiger partial charge in [-0.15, -0.1) is 0 Å². The van der Waals surface area contributed by atoms with Gasteiger partial charge in [-0.25, -0.2) is 0 Å². The summed E-state index contributed by atoms with van der Waals surface area (Å²) in [7, 11) is 0. The van der Waals surface area contributed by atoms with Crippen molar-refractivity contribution in [3.63, 3.8) is 0 Å². The van der Waals surface area contributed by atoms with E-state index >= 15 is 0 Å². The van der Waals surface area contributed by atoms with E-state index in [2.05, 4.69) is 13.8 Å². The smallest absolute Gasteiger partial charge is 0.230 e. The van der Waals surface area contributed by atoms with Crippen LogP contribution in [0.15, 0.2) is 0 Å². The summed E-state index contributed by atoms with van der Waals surface area (Å²) in [5, 5.41) is 0. The second kappa shape index (κ2) is 2.50. The Labute approximate surface area is 68.6 Å². The monoisotopic (exact) mass is 155 g/mol. The molecule has 1 saturated heterocycles. The Morgan fingerprint density at radius 3 is 2.45 bits per heavy atom.